The van der Waals surface area contributed by atoms with Crippen LogP contribution in [0.2, 0.25) is 0 Å². The van der Waals surface area contributed by atoms with Crippen LogP contribution in [0.1, 0.15) is 29.7 Å². The zero-order chi connectivity index (χ0) is 30.6. The predicted octanol–water partition coefficient (Wildman–Crippen LogP) is 6.85. The zero-order valence-corrected chi connectivity index (χ0v) is 26.4. The van der Waals surface area contributed by atoms with Crippen LogP contribution in [0.25, 0.3) is 10.1 Å². The number of nitrogens with zero attached hydrogens (tertiary/aromatic N) is 1. The smallest absolute Gasteiger partial charge is 0.393 e. The SMILES string of the molecule is COc1cc(P(C)C)ccc1NCC#Cc1sc2c(NC3CCN(C4CCOCC4)CC3F)cccc2c1CC(F)(F)F. The number of anilines is 2. The summed E-state index contributed by atoms with van der Waals surface area (Å²) in [4.78, 5) is 2.59. The van der Waals surface area contributed by atoms with Gasteiger partial charge in [-0.2, -0.15) is 13.2 Å². The largest absolute Gasteiger partial charge is 0.495 e. The van der Waals surface area contributed by atoms with Gasteiger partial charge in [0.2, 0.25) is 0 Å². The van der Waals surface area contributed by atoms with Gasteiger partial charge in [0, 0.05) is 32.3 Å². The molecule has 43 heavy (non-hydrogen) atoms. The molecule has 2 saturated heterocycles. The van der Waals surface area contributed by atoms with Crippen LogP contribution in [0, 0.1) is 11.8 Å². The van der Waals surface area contributed by atoms with Crippen molar-refractivity contribution >= 4 is 46.0 Å². The molecule has 2 aliphatic rings. The molecule has 0 aliphatic carbocycles. The van der Waals surface area contributed by atoms with Gasteiger partial charge in [0.25, 0.3) is 0 Å². The third-order valence-corrected chi connectivity index (χ3v) is 10.6. The minimum absolute atomic E-state index is 0.163. The Bertz CT molecular complexity index is 1460. The van der Waals surface area contributed by atoms with E-state index in [1.807, 2.05) is 24.3 Å². The number of benzene rings is 2. The molecule has 2 aliphatic heterocycles. The number of fused-ring (bicyclic) bond motifs is 1. The highest BCUT2D eigenvalue weighted by molar-refractivity contribution is 7.64. The number of halogens is 4. The first kappa shape index (κ1) is 31.8. The van der Waals surface area contributed by atoms with Gasteiger partial charge in [-0.3, -0.25) is 4.90 Å². The molecule has 11 heteroatoms. The molecule has 232 valence electrons. The molecule has 3 aromatic rings. The van der Waals surface area contributed by atoms with Gasteiger partial charge < -0.3 is 20.1 Å². The van der Waals surface area contributed by atoms with Crippen LogP contribution < -0.4 is 20.7 Å². The molecule has 5 nitrogen and oxygen atoms in total. The molecular weight excluding hydrogens is 597 g/mol. The number of methoxy groups -OCH3 is 1. The Balaban J connectivity index is 1.34. The van der Waals surface area contributed by atoms with Crippen molar-refractivity contribution < 1.29 is 27.0 Å². The number of nitrogens with one attached hydrogen (secondary N) is 2. The van der Waals surface area contributed by atoms with E-state index in [2.05, 4.69) is 40.7 Å². The van der Waals surface area contributed by atoms with E-state index < -0.39 is 24.8 Å². The van der Waals surface area contributed by atoms with Crippen molar-refractivity contribution in [2.45, 2.75) is 50.1 Å². The number of thiophene rings is 1. The molecule has 0 spiro atoms. The van der Waals surface area contributed by atoms with Crippen LogP contribution in [0.5, 0.6) is 5.75 Å². The minimum atomic E-state index is -4.39. The summed E-state index contributed by atoms with van der Waals surface area (Å²) >= 11 is 1.23. The molecule has 0 bridgehead atoms. The summed E-state index contributed by atoms with van der Waals surface area (Å²) in [6.45, 7) is 7.11. The van der Waals surface area contributed by atoms with Crippen molar-refractivity contribution in [3.05, 3.63) is 46.8 Å². The summed E-state index contributed by atoms with van der Waals surface area (Å²) in [5.41, 5.74) is 1.59. The lowest BCUT2D eigenvalue weighted by molar-refractivity contribution is -0.126. The van der Waals surface area contributed by atoms with E-state index in [1.165, 1.54) is 16.6 Å². The van der Waals surface area contributed by atoms with E-state index in [-0.39, 0.29) is 20.0 Å². The normalized spacial score (nSPS) is 20.2. The summed E-state index contributed by atoms with van der Waals surface area (Å²) in [7, 11) is 1.33. The molecule has 3 heterocycles. The Morgan fingerprint density at radius 1 is 1.12 bits per heavy atom. The van der Waals surface area contributed by atoms with Crippen LogP contribution in [0.3, 0.4) is 0 Å². The van der Waals surface area contributed by atoms with Gasteiger partial charge in [-0.1, -0.05) is 38.0 Å². The lowest BCUT2D eigenvalue weighted by Gasteiger charge is -2.41. The first-order chi connectivity index (χ1) is 20.6. The van der Waals surface area contributed by atoms with Crippen LogP contribution in [0.4, 0.5) is 28.9 Å². The highest BCUT2D eigenvalue weighted by Crippen LogP contribution is 2.40. The molecule has 2 atom stereocenters. The highest BCUT2D eigenvalue weighted by atomic mass is 32.1. The second-order valence-corrected chi connectivity index (χ2v) is 14.5. The van der Waals surface area contributed by atoms with Gasteiger partial charge in [-0.05, 0) is 67.0 Å². The summed E-state index contributed by atoms with van der Waals surface area (Å²) in [5.74, 6) is 6.70. The van der Waals surface area contributed by atoms with Gasteiger partial charge >= 0.3 is 6.18 Å². The van der Waals surface area contributed by atoms with E-state index in [1.54, 1.807) is 19.2 Å². The molecular formula is C32H38F4N3O2PS. The standard InChI is InChI=1S/C32H38F4N3O2PS/c1-40-29-18-22(42(2)3)9-10-27(29)37-14-5-8-30-24(19-32(34,35)36)23-6-4-7-28(31(23)43-30)38-26-11-15-39(20-25(26)33)21-12-16-41-17-13-21/h4,6-7,9-10,18,21,25-26,37-38H,11-17,19-20H2,1-3H3. The maximum Gasteiger partial charge on any atom is 0.393 e. The molecule has 2 N–H and O–H groups in total. The molecule has 2 unspecified atom stereocenters. The minimum Gasteiger partial charge on any atom is -0.495 e. The molecule has 2 aromatic carbocycles. The molecule has 2 fully saturated rings. The average Bonchev–Trinajstić information content (AvgIpc) is 3.33. The number of hydrogen-bond acceptors (Lipinski definition) is 6. The highest BCUT2D eigenvalue weighted by Gasteiger charge is 2.34. The van der Waals surface area contributed by atoms with Crippen LogP contribution in [-0.2, 0) is 11.2 Å². The Kier molecular flexibility index (Phi) is 10.4. The number of alkyl halides is 4. The van der Waals surface area contributed by atoms with Crippen molar-refractivity contribution in [1.82, 2.24) is 4.90 Å². The van der Waals surface area contributed by atoms with Crippen molar-refractivity contribution in [2.75, 3.05) is 63.9 Å². The second-order valence-electron chi connectivity index (χ2n) is 11.2. The van der Waals surface area contributed by atoms with Crippen molar-refractivity contribution in [1.29, 1.82) is 0 Å². The molecule has 0 saturated carbocycles. The van der Waals surface area contributed by atoms with E-state index >= 15 is 4.39 Å². The number of rotatable bonds is 8. The Hall–Kier alpha value is -2.57. The summed E-state index contributed by atoms with van der Waals surface area (Å²) < 4.78 is 68.1. The third-order valence-electron chi connectivity index (χ3n) is 8.09. The quantitative estimate of drug-likeness (QED) is 0.161. The molecule has 1 aromatic heterocycles. The first-order valence-electron chi connectivity index (χ1n) is 14.5. The first-order valence-corrected chi connectivity index (χ1v) is 17.6. The van der Waals surface area contributed by atoms with E-state index in [4.69, 9.17) is 9.47 Å². The fraction of sp³-hybridized carbons (Fsp3) is 0.500. The van der Waals surface area contributed by atoms with Crippen LogP contribution in [-0.4, -0.2) is 82.6 Å². The number of piperidine rings is 1. The van der Waals surface area contributed by atoms with E-state index in [9.17, 15) is 13.2 Å². The monoisotopic (exact) mass is 635 g/mol. The molecule has 5 rings (SSSR count). The Morgan fingerprint density at radius 2 is 1.91 bits per heavy atom. The fourth-order valence-electron chi connectivity index (χ4n) is 5.80. The lowest BCUT2D eigenvalue weighted by atomic mass is 9.98. The zero-order valence-electron chi connectivity index (χ0n) is 24.7. The van der Waals surface area contributed by atoms with Crippen LogP contribution in [0.15, 0.2) is 36.4 Å². The van der Waals surface area contributed by atoms with Crippen molar-refractivity contribution in [3.8, 4) is 17.6 Å². The summed E-state index contributed by atoms with van der Waals surface area (Å²) in [5, 5.41) is 8.28. The molecule has 0 amide bonds. The summed E-state index contributed by atoms with van der Waals surface area (Å²) in [6, 6.07) is 11.2. The van der Waals surface area contributed by atoms with E-state index in [0.29, 0.717) is 58.6 Å². The molecule has 0 radical (unpaired) electrons. The Labute approximate surface area is 256 Å². The fourth-order valence-corrected chi connectivity index (χ4v) is 7.72. The van der Waals surface area contributed by atoms with Gasteiger partial charge in [0.1, 0.15) is 11.9 Å². The second kappa shape index (κ2) is 14.0. The van der Waals surface area contributed by atoms with Gasteiger partial charge in [-0.15, -0.1) is 11.3 Å². The maximum absolute atomic E-state index is 15.4. The topological polar surface area (TPSA) is 45.8 Å². The maximum atomic E-state index is 15.4. The van der Waals surface area contributed by atoms with Crippen molar-refractivity contribution in [2.24, 2.45) is 0 Å². The van der Waals surface area contributed by atoms with Gasteiger partial charge in [0.05, 0.1) is 47.1 Å². The third kappa shape index (κ3) is 7.94. The Morgan fingerprint density at radius 3 is 2.60 bits per heavy atom. The van der Waals surface area contributed by atoms with Gasteiger partial charge in [-0.25, -0.2) is 4.39 Å². The number of ether oxygens (including phenoxy) is 2. The number of likely N-dealkylation sites (tertiary alicyclic amines) is 1. The van der Waals surface area contributed by atoms with Crippen LogP contribution >= 0.6 is 19.3 Å². The van der Waals surface area contributed by atoms with Gasteiger partial charge in [0.15, 0.2) is 0 Å². The predicted molar refractivity (Wildman–Crippen MR) is 171 cm³/mol. The lowest BCUT2D eigenvalue weighted by Crippen LogP contribution is -2.52. The summed E-state index contributed by atoms with van der Waals surface area (Å²) in [6.07, 6.45) is -4.09. The van der Waals surface area contributed by atoms with E-state index in [0.717, 1.165) is 25.1 Å². The van der Waals surface area contributed by atoms with Crippen molar-refractivity contribution in [3.63, 3.8) is 0 Å². The average molecular weight is 636 g/mol. The number of hydrogen-bond donors (Lipinski definition) is 2.